The monoisotopic (exact) mass is 1250 g/mol. The van der Waals surface area contributed by atoms with Crippen LogP contribution < -0.4 is 5.32 Å². The van der Waals surface area contributed by atoms with Crippen molar-refractivity contribution in [3.8, 4) is 0 Å². The van der Waals surface area contributed by atoms with Gasteiger partial charge in [-0.1, -0.05) is 60.1 Å². The summed E-state index contributed by atoms with van der Waals surface area (Å²) in [6.07, 6.45) is -29.6. The van der Waals surface area contributed by atoms with Gasteiger partial charge in [-0.2, -0.15) is 0 Å². The zero-order valence-electron chi connectivity index (χ0n) is 50.6. The van der Waals surface area contributed by atoms with Crippen molar-refractivity contribution in [3.05, 3.63) is 11.6 Å². The lowest BCUT2D eigenvalue weighted by Crippen LogP contribution is -2.73. The number of carbonyl (C=O) groups excluding carboxylic acids is 2. The van der Waals surface area contributed by atoms with Crippen LogP contribution in [0.1, 0.15) is 107 Å². The molecule has 31 atom stereocenters. The highest BCUT2D eigenvalue weighted by molar-refractivity contribution is 5.80. The molecular weight excluding hydrogens is 1150 g/mol. The van der Waals surface area contributed by atoms with Gasteiger partial charge in [0.25, 0.3) is 0 Å². The molecule has 10 rings (SSSR count). The maximum absolute atomic E-state index is 15.4. The van der Waals surface area contributed by atoms with Crippen LogP contribution in [0.5, 0.6) is 0 Å². The van der Waals surface area contributed by atoms with Gasteiger partial charge in [-0.3, -0.25) is 9.59 Å². The van der Waals surface area contributed by atoms with Crippen LogP contribution in [0.3, 0.4) is 0 Å². The number of aliphatic hydroxyl groups is 15. The van der Waals surface area contributed by atoms with Crippen LogP contribution in [-0.4, -0.2) is 275 Å². The normalized spacial score (nSPS) is 52.9. The molecule has 0 unspecified atom stereocenters. The van der Waals surface area contributed by atoms with Crippen molar-refractivity contribution >= 4 is 11.9 Å². The SMILES string of the molecule is CC(=O)N[C@H]1[C@H](O[C@H]2CC[C@]3(C)[C@H]4CC=C5[C@@H]6CC(C)(C)CC[C@]6(C(=O)O[C@@H]6O[C@H](CO)[C@@H](O)[C@H](O)[C@H]6O[C@@H]6OC[C@](O)(CO)[C@H]6O)[C@H](O)[C@H](O)[C@@]5(C)[C@]4(C)CC[C@H]3C2(C)C)O[C@H](CO[C@H]2OC[C@@H](O)[C@@H](O)[C@H]2O)[C@@H](O)[C@@H]1O[C@@H]1OC[C@@H](O)[C@H](O)[C@H]1O. The Morgan fingerprint density at radius 3 is 1.90 bits per heavy atom. The van der Waals surface area contributed by atoms with Crippen molar-refractivity contribution in [3.63, 3.8) is 0 Å². The van der Waals surface area contributed by atoms with Crippen LogP contribution >= 0.6 is 0 Å². The number of rotatable bonds is 14. The standard InChI is InChI=1S/C59H95NO27/c1-24(63)60-34-42(85-49-41(72)36(67)28(65)20-79-49)38(69)30(21-80-48-40(71)35(66)27(64)19-78-48)83-47(34)84-33-12-13-55(6)31(54(33,4)5)11-14-56(7)32(55)10-9-25-26-17-53(2,3)15-16-59(26,45(74)44(73)57(25,56)8)52(76)87-50-43(39(70)37(68)29(18-61)82-50)86-51-46(75)58(77,22-62)23-81-51/h9,26-51,61-62,64-75,77H,10-23H2,1-8H3,(H,60,63)/t26-,27+,28+,29+,30+,31-,32+,33-,34+,35+,36-,37+,38+,39-,40+,41+,42+,43+,44-,45+,46-,47-,48+,49-,50-,51-,55-,56+,57-,58+,59+/m0/s1. The molecule has 5 aliphatic heterocycles. The number of carbonyl (C=O) groups is 2. The van der Waals surface area contributed by atoms with Crippen molar-refractivity contribution in [1.82, 2.24) is 5.32 Å². The second kappa shape index (κ2) is 24.6. The number of amides is 1. The van der Waals surface area contributed by atoms with E-state index in [0.717, 1.165) is 5.57 Å². The minimum absolute atomic E-state index is 0.0510. The van der Waals surface area contributed by atoms with E-state index in [-0.39, 0.29) is 30.3 Å². The molecule has 5 heterocycles. The molecule has 10 aliphatic rings. The molecule has 28 nitrogen and oxygen atoms in total. The van der Waals surface area contributed by atoms with Crippen LogP contribution in [0, 0.1) is 50.2 Å². The van der Waals surface area contributed by atoms with Gasteiger partial charge in [0.1, 0.15) is 96.4 Å². The molecule has 87 heavy (non-hydrogen) atoms. The smallest absolute Gasteiger partial charge is 0.317 e. The predicted octanol–water partition coefficient (Wildman–Crippen LogP) is -4.21. The molecule has 0 aromatic rings. The van der Waals surface area contributed by atoms with Gasteiger partial charge in [0, 0.05) is 12.3 Å². The maximum atomic E-state index is 15.4. The molecular formula is C59H95NO27. The predicted molar refractivity (Wildman–Crippen MR) is 292 cm³/mol. The van der Waals surface area contributed by atoms with E-state index in [1.165, 1.54) is 6.92 Å². The molecule has 5 aliphatic carbocycles. The Balaban J connectivity index is 0.928. The largest absolute Gasteiger partial charge is 0.432 e. The van der Waals surface area contributed by atoms with Crippen LogP contribution in [-0.2, 0) is 57.0 Å². The van der Waals surface area contributed by atoms with E-state index in [1.54, 1.807) is 0 Å². The van der Waals surface area contributed by atoms with Crippen molar-refractivity contribution < 1.29 is 134 Å². The number of esters is 1. The Morgan fingerprint density at radius 2 is 1.26 bits per heavy atom. The summed E-state index contributed by atoms with van der Waals surface area (Å²) in [5, 5.41) is 168. The quantitative estimate of drug-likeness (QED) is 0.0445. The number of hydrogen-bond donors (Lipinski definition) is 16. The van der Waals surface area contributed by atoms with Crippen LogP contribution in [0.2, 0.25) is 0 Å². The fourth-order valence-electron chi connectivity index (χ4n) is 17.6. The van der Waals surface area contributed by atoms with Gasteiger partial charge in [0.05, 0.1) is 58.0 Å². The van der Waals surface area contributed by atoms with Gasteiger partial charge in [-0.05, 0) is 90.8 Å². The Hall–Kier alpha value is -2.28. The first kappa shape index (κ1) is 67.6. The summed E-state index contributed by atoms with van der Waals surface area (Å²) in [4.78, 5) is 28.5. The van der Waals surface area contributed by atoms with Crippen molar-refractivity contribution in [2.75, 3.05) is 39.6 Å². The van der Waals surface area contributed by atoms with Gasteiger partial charge in [-0.15, -0.1) is 0 Å². The van der Waals surface area contributed by atoms with E-state index >= 15 is 4.79 Å². The lowest BCUT2D eigenvalue weighted by molar-refractivity contribution is -0.349. The van der Waals surface area contributed by atoms with E-state index in [4.69, 9.17) is 47.4 Å². The fraction of sp³-hybridized carbons (Fsp3) is 0.932. The molecule has 4 saturated carbocycles. The Kier molecular flexibility index (Phi) is 19.1. The molecule has 1 amide bonds. The highest BCUT2D eigenvalue weighted by atomic mass is 16.8. The summed E-state index contributed by atoms with van der Waals surface area (Å²) >= 11 is 0. The van der Waals surface area contributed by atoms with Gasteiger partial charge < -0.3 is 129 Å². The van der Waals surface area contributed by atoms with E-state index in [1.807, 2.05) is 6.92 Å². The van der Waals surface area contributed by atoms with Crippen LogP contribution in [0.4, 0.5) is 0 Å². The zero-order chi connectivity index (χ0) is 63.6. The third-order valence-corrected chi connectivity index (χ3v) is 23.0. The Bertz CT molecular complexity index is 2490. The maximum Gasteiger partial charge on any atom is 0.317 e. The van der Waals surface area contributed by atoms with Crippen LogP contribution in [0.15, 0.2) is 11.6 Å². The van der Waals surface area contributed by atoms with E-state index in [9.17, 15) is 81.4 Å². The van der Waals surface area contributed by atoms with E-state index < -0.39 is 225 Å². The molecule has 0 bridgehead atoms. The number of allylic oxidation sites excluding steroid dienone is 1. The summed E-state index contributed by atoms with van der Waals surface area (Å²) in [6.45, 7) is 12.2. The van der Waals surface area contributed by atoms with Gasteiger partial charge >= 0.3 is 5.97 Å². The van der Waals surface area contributed by atoms with Gasteiger partial charge in [-0.25, -0.2) is 0 Å². The number of fused-ring (bicyclic) bond motifs is 7. The first-order valence-electron chi connectivity index (χ1n) is 30.7. The van der Waals surface area contributed by atoms with Crippen LogP contribution in [0.25, 0.3) is 0 Å². The number of hydrogen-bond acceptors (Lipinski definition) is 27. The summed E-state index contributed by atoms with van der Waals surface area (Å²) in [5.74, 6) is -2.52. The highest BCUT2D eigenvalue weighted by Crippen LogP contribution is 2.76. The van der Waals surface area contributed by atoms with Gasteiger partial charge in [0.15, 0.2) is 31.3 Å². The molecule has 9 fully saturated rings. The number of nitrogens with one attached hydrogen (secondary N) is 1. The highest BCUT2D eigenvalue weighted by Gasteiger charge is 2.75. The average molecular weight is 1250 g/mol. The van der Waals surface area contributed by atoms with Crippen molar-refractivity contribution in [1.29, 1.82) is 0 Å². The number of ether oxygens (including phenoxy) is 10. The second-order valence-corrected chi connectivity index (χ2v) is 28.8. The zero-order valence-corrected chi connectivity index (χ0v) is 50.6. The average Bonchev–Trinajstić information content (AvgIpc) is 0.962. The topological polar surface area (TPSA) is 442 Å². The molecule has 0 aromatic heterocycles. The molecule has 498 valence electrons. The molecule has 5 saturated heterocycles. The molecule has 0 aromatic carbocycles. The van der Waals surface area contributed by atoms with E-state index in [0.29, 0.717) is 44.9 Å². The second-order valence-electron chi connectivity index (χ2n) is 28.8. The van der Waals surface area contributed by atoms with Gasteiger partial charge in [0.2, 0.25) is 12.2 Å². The summed E-state index contributed by atoms with van der Waals surface area (Å²) in [5.41, 5.74) is -6.59. The Labute approximate surface area is 504 Å². The number of aliphatic hydroxyl groups excluding tert-OH is 14. The fourth-order valence-corrected chi connectivity index (χ4v) is 17.6. The van der Waals surface area contributed by atoms with Crippen molar-refractivity contribution in [2.24, 2.45) is 50.2 Å². The molecule has 28 heteroatoms. The molecule has 16 N–H and O–H groups in total. The lowest BCUT2D eigenvalue weighted by Gasteiger charge is -2.72. The summed E-state index contributed by atoms with van der Waals surface area (Å²) < 4.78 is 60.1. The van der Waals surface area contributed by atoms with Crippen molar-refractivity contribution in [2.45, 2.75) is 254 Å². The Morgan fingerprint density at radius 1 is 0.632 bits per heavy atom. The first-order valence-corrected chi connectivity index (χ1v) is 30.7. The molecule has 0 radical (unpaired) electrons. The first-order chi connectivity index (χ1) is 40.7. The summed E-state index contributed by atoms with van der Waals surface area (Å²) in [6, 6.07) is -1.31. The summed E-state index contributed by atoms with van der Waals surface area (Å²) in [7, 11) is 0. The minimum atomic E-state index is -2.15. The molecule has 0 spiro atoms. The minimum Gasteiger partial charge on any atom is -0.432 e. The third kappa shape index (κ3) is 11.2. The van der Waals surface area contributed by atoms with E-state index in [2.05, 4.69) is 52.9 Å². The lowest BCUT2D eigenvalue weighted by atomic mass is 9.32. The third-order valence-electron chi connectivity index (χ3n) is 23.0.